The molecule has 0 N–H and O–H groups in total. The van der Waals surface area contributed by atoms with Crippen LogP contribution in [0.3, 0.4) is 0 Å². The SMILES string of the molecule is CC(C)CN(c1ncc(CCl)cn1)C1CC1. The first-order valence-corrected chi connectivity index (χ1v) is 6.37. The van der Waals surface area contributed by atoms with Gasteiger partial charge in [0.15, 0.2) is 0 Å². The highest BCUT2D eigenvalue weighted by atomic mass is 35.5. The maximum atomic E-state index is 5.72. The molecule has 0 spiro atoms. The van der Waals surface area contributed by atoms with Crippen LogP contribution in [0.2, 0.25) is 0 Å². The molecule has 88 valence electrons. The Morgan fingerprint density at radius 3 is 2.44 bits per heavy atom. The lowest BCUT2D eigenvalue weighted by Gasteiger charge is -2.24. The molecule has 1 saturated carbocycles. The Balaban J connectivity index is 2.11. The van der Waals surface area contributed by atoms with E-state index in [1.165, 1.54) is 12.8 Å². The van der Waals surface area contributed by atoms with Crippen molar-refractivity contribution in [2.75, 3.05) is 11.4 Å². The lowest BCUT2D eigenvalue weighted by atomic mass is 10.2. The molecule has 1 aliphatic carbocycles. The van der Waals surface area contributed by atoms with E-state index in [4.69, 9.17) is 11.6 Å². The molecule has 0 radical (unpaired) electrons. The van der Waals surface area contributed by atoms with E-state index < -0.39 is 0 Å². The van der Waals surface area contributed by atoms with Crippen molar-refractivity contribution >= 4 is 17.5 Å². The van der Waals surface area contributed by atoms with Crippen molar-refractivity contribution in [3.8, 4) is 0 Å². The van der Waals surface area contributed by atoms with Gasteiger partial charge in [0.05, 0.1) is 5.88 Å². The topological polar surface area (TPSA) is 29.0 Å². The van der Waals surface area contributed by atoms with Gasteiger partial charge in [-0.05, 0) is 18.8 Å². The third-order valence-electron chi connectivity index (χ3n) is 2.65. The summed E-state index contributed by atoms with van der Waals surface area (Å²) in [5.41, 5.74) is 0.978. The van der Waals surface area contributed by atoms with Crippen LogP contribution in [0.4, 0.5) is 5.95 Å². The molecule has 1 aromatic rings. The predicted molar refractivity (Wildman–Crippen MR) is 66.8 cm³/mol. The molecule has 1 fully saturated rings. The summed E-state index contributed by atoms with van der Waals surface area (Å²) in [6.07, 6.45) is 6.19. The van der Waals surface area contributed by atoms with Crippen LogP contribution in [0.5, 0.6) is 0 Å². The zero-order valence-electron chi connectivity index (χ0n) is 9.86. The second-order valence-corrected chi connectivity index (χ2v) is 5.07. The third kappa shape index (κ3) is 2.85. The standard InChI is InChI=1S/C12H18ClN3/c1-9(2)8-16(11-3-4-11)12-14-6-10(5-13)7-15-12/h6-7,9,11H,3-5,8H2,1-2H3. The number of alkyl halides is 1. The van der Waals surface area contributed by atoms with Gasteiger partial charge < -0.3 is 4.90 Å². The van der Waals surface area contributed by atoms with E-state index in [9.17, 15) is 0 Å². The van der Waals surface area contributed by atoms with Gasteiger partial charge in [-0.15, -0.1) is 11.6 Å². The van der Waals surface area contributed by atoms with Crippen molar-refractivity contribution in [2.45, 2.75) is 38.6 Å². The second kappa shape index (κ2) is 5.00. The highest BCUT2D eigenvalue weighted by Gasteiger charge is 2.30. The number of rotatable bonds is 5. The molecule has 1 heterocycles. The van der Waals surface area contributed by atoms with Crippen LogP contribution in [0.1, 0.15) is 32.3 Å². The average molecular weight is 240 g/mol. The highest BCUT2D eigenvalue weighted by Crippen LogP contribution is 2.30. The summed E-state index contributed by atoms with van der Waals surface area (Å²) in [5, 5.41) is 0. The van der Waals surface area contributed by atoms with Gasteiger partial charge >= 0.3 is 0 Å². The van der Waals surface area contributed by atoms with Gasteiger partial charge in [-0.25, -0.2) is 9.97 Å². The molecule has 1 aliphatic rings. The summed E-state index contributed by atoms with van der Waals surface area (Å²) in [6, 6.07) is 0.657. The van der Waals surface area contributed by atoms with Gasteiger partial charge in [-0.1, -0.05) is 13.8 Å². The minimum Gasteiger partial charge on any atom is -0.338 e. The summed E-state index contributed by atoms with van der Waals surface area (Å²) in [6.45, 7) is 5.48. The summed E-state index contributed by atoms with van der Waals surface area (Å²) in [4.78, 5) is 11.1. The lowest BCUT2D eigenvalue weighted by Crippen LogP contribution is -2.31. The van der Waals surface area contributed by atoms with Crippen molar-refractivity contribution < 1.29 is 0 Å². The van der Waals surface area contributed by atoms with Crippen LogP contribution >= 0.6 is 11.6 Å². The van der Waals surface area contributed by atoms with Crippen LogP contribution in [-0.4, -0.2) is 22.6 Å². The van der Waals surface area contributed by atoms with Gasteiger partial charge in [-0.3, -0.25) is 0 Å². The van der Waals surface area contributed by atoms with Crippen molar-refractivity contribution in [3.05, 3.63) is 18.0 Å². The van der Waals surface area contributed by atoms with E-state index in [1.807, 2.05) is 12.4 Å². The van der Waals surface area contributed by atoms with Crippen molar-refractivity contribution in [3.63, 3.8) is 0 Å². The first kappa shape index (κ1) is 11.6. The maximum Gasteiger partial charge on any atom is 0.225 e. The van der Waals surface area contributed by atoms with Crippen molar-refractivity contribution in [1.82, 2.24) is 9.97 Å². The Kier molecular flexibility index (Phi) is 3.64. The number of anilines is 1. The molecular weight excluding hydrogens is 222 g/mol. The van der Waals surface area contributed by atoms with E-state index >= 15 is 0 Å². The normalized spacial score (nSPS) is 15.5. The zero-order chi connectivity index (χ0) is 11.5. The number of hydrogen-bond acceptors (Lipinski definition) is 3. The molecule has 4 heteroatoms. The quantitative estimate of drug-likeness (QED) is 0.740. The molecule has 0 aliphatic heterocycles. The molecule has 1 aromatic heterocycles. The molecule has 0 atom stereocenters. The van der Waals surface area contributed by atoms with Crippen LogP contribution in [0.25, 0.3) is 0 Å². The monoisotopic (exact) mass is 239 g/mol. The molecule has 0 unspecified atom stereocenters. The van der Waals surface area contributed by atoms with E-state index in [0.717, 1.165) is 18.1 Å². The fraction of sp³-hybridized carbons (Fsp3) is 0.667. The first-order valence-electron chi connectivity index (χ1n) is 5.84. The average Bonchev–Trinajstić information content (AvgIpc) is 3.10. The molecule has 2 rings (SSSR count). The summed E-state index contributed by atoms with van der Waals surface area (Å²) in [7, 11) is 0. The third-order valence-corrected chi connectivity index (χ3v) is 2.96. The van der Waals surface area contributed by atoms with Gasteiger partial charge in [-0.2, -0.15) is 0 Å². The van der Waals surface area contributed by atoms with Gasteiger partial charge in [0.25, 0.3) is 0 Å². The molecule has 0 aromatic carbocycles. The predicted octanol–water partition coefficient (Wildman–Crippen LogP) is 2.84. The molecule has 3 nitrogen and oxygen atoms in total. The Morgan fingerprint density at radius 2 is 2.00 bits per heavy atom. The summed E-state index contributed by atoms with van der Waals surface area (Å²) < 4.78 is 0. The number of halogens is 1. The summed E-state index contributed by atoms with van der Waals surface area (Å²) >= 11 is 5.72. The van der Waals surface area contributed by atoms with Crippen molar-refractivity contribution in [2.24, 2.45) is 5.92 Å². The fourth-order valence-electron chi connectivity index (χ4n) is 1.74. The Bertz CT molecular complexity index is 333. The second-order valence-electron chi connectivity index (χ2n) is 4.80. The Labute approximate surface area is 102 Å². The summed E-state index contributed by atoms with van der Waals surface area (Å²) in [5.74, 6) is 1.97. The minimum atomic E-state index is 0.480. The number of hydrogen-bond donors (Lipinski definition) is 0. The van der Waals surface area contributed by atoms with Gasteiger partial charge in [0.2, 0.25) is 5.95 Å². The van der Waals surface area contributed by atoms with Crippen LogP contribution < -0.4 is 4.90 Å². The van der Waals surface area contributed by atoms with Crippen LogP contribution in [0, 0.1) is 5.92 Å². The highest BCUT2D eigenvalue weighted by molar-refractivity contribution is 6.17. The minimum absolute atomic E-state index is 0.480. The molecule has 16 heavy (non-hydrogen) atoms. The van der Waals surface area contributed by atoms with Crippen molar-refractivity contribution in [1.29, 1.82) is 0 Å². The number of nitrogens with zero attached hydrogens (tertiary/aromatic N) is 3. The lowest BCUT2D eigenvalue weighted by molar-refractivity contribution is 0.597. The van der Waals surface area contributed by atoms with E-state index in [0.29, 0.717) is 17.8 Å². The molecule has 0 bridgehead atoms. The molecule has 0 amide bonds. The zero-order valence-corrected chi connectivity index (χ0v) is 10.6. The van der Waals surface area contributed by atoms with E-state index in [1.54, 1.807) is 0 Å². The van der Waals surface area contributed by atoms with Gasteiger partial charge in [0, 0.05) is 30.5 Å². The van der Waals surface area contributed by atoms with Gasteiger partial charge in [0.1, 0.15) is 0 Å². The molecular formula is C12H18ClN3. The number of aromatic nitrogens is 2. The Hall–Kier alpha value is -0.830. The van der Waals surface area contributed by atoms with Crippen LogP contribution in [-0.2, 0) is 5.88 Å². The largest absolute Gasteiger partial charge is 0.338 e. The molecule has 0 saturated heterocycles. The van der Waals surface area contributed by atoms with Crippen LogP contribution in [0.15, 0.2) is 12.4 Å². The van der Waals surface area contributed by atoms with E-state index in [-0.39, 0.29) is 0 Å². The first-order chi connectivity index (χ1) is 7.70. The maximum absolute atomic E-state index is 5.72. The Morgan fingerprint density at radius 1 is 1.38 bits per heavy atom. The smallest absolute Gasteiger partial charge is 0.225 e. The van der Waals surface area contributed by atoms with E-state index in [2.05, 4.69) is 28.7 Å². The fourth-order valence-corrected chi connectivity index (χ4v) is 1.88.